The number of rotatable bonds is 4. The molecule has 2 rings (SSSR count). The smallest absolute Gasteiger partial charge is 0.123 e. The average molecular weight is 381 g/mol. The second-order valence-corrected chi connectivity index (χ2v) is 10.6. The normalized spacial score (nSPS) is 13.6. The average Bonchev–Trinajstić information content (AvgIpc) is 2.54. The fourth-order valence-corrected chi connectivity index (χ4v) is 4.44. The van der Waals surface area contributed by atoms with Gasteiger partial charge in [-0.3, -0.25) is 0 Å². The van der Waals surface area contributed by atoms with E-state index in [-0.39, 0.29) is 16.7 Å². The Hall–Kier alpha value is -1.76. The monoisotopic (exact) mass is 380 g/mol. The Kier molecular flexibility index (Phi) is 6.38. The first-order valence-corrected chi connectivity index (χ1v) is 10.7. The highest BCUT2D eigenvalue weighted by molar-refractivity contribution is 5.54. The third-order valence-electron chi connectivity index (χ3n) is 5.82. The van der Waals surface area contributed by atoms with Crippen LogP contribution in [0.25, 0.3) is 0 Å². The second-order valence-electron chi connectivity index (χ2n) is 10.6. The summed E-state index contributed by atoms with van der Waals surface area (Å²) in [6, 6.07) is 9.01. The van der Waals surface area contributed by atoms with Crippen LogP contribution < -0.4 is 0 Å². The second kappa shape index (κ2) is 7.93. The number of phenols is 1. The van der Waals surface area contributed by atoms with Crippen molar-refractivity contribution in [1.29, 1.82) is 0 Å². The molecular weight excluding hydrogens is 340 g/mol. The van der Waals surface area contributed by atoms with Crippen LogP contribution in [0, 0.1) is 20.8 Å². The molecule has 1 unspecified atom stereocenters. The fourth-order valence-electron chi connectivity index (χ4n) is 4.44. The molecule has 0 bridgehead atoms. The van der Waals surface area contributed by atoms with Crippen LogP contribution in [-0.2, 0) is 10.8 Å². The Bertz CT molecular complexity index is 775. The van der Waals surface area contributed by atoms with Gasteiger partial charge in [0.05, 0.1) is 0 Å². The van der Waals surface area contributed by atoms with Crippen LogP contribution in [0.1, 0.15) is 106 Å². The van der Waals surface area contributed by atoms with Crippen molar-refractivity contribution >= 4 is 0 Å². The Labute approximate surface area is 173 Å². The van der Waals surface area contributed by atoms with E-state index < -0.39 is 0 Å². The van der Waals surface area contributed by atoms with Gasteiger partial charge in [-0.1, -0.05) is 90.3 Å². The summed E-state index contributed by atoms with van der Waals surface area (Å²) in [5, 5.41) is 11.3. The molecule has 2 aromatic rings. The molecule has 1 N–H and O–H groups in total. The molecule has 0 aliphatic rings. The van der Waals surface area contributed by atoms with Gasteiger partial charge in [0.25, 0.3) is 0 Å². The molecule has 154 valence electrons. The van der Waals surface area contributed by atoms with Crippen LogP contribution in [0.3, 0.4) is 0 Å². The fraction of sp³-hybridized carbons (Fsp3) is 0.556. The number of hydrogen-bond acceptors (Lipinski definition) is 1. The SMILES string of the molecule is CCCC(c1cc(C)cc(C(C)(C)C)c1C)c1cc(C)cc(C(C)(C)C)c1O. The third kappa shape index (κ3) is 4.62. The van der Waals surface area contributed by atoms with Crippen LogP contribution in [0.2, 0.25) is 0 Å². The molecule has 0 amide bonds. The molecule has 28 heavy (non-hydrogen) atoms. The summed E-state index contributed by atoms with van der Waals surface area (Å²) in [5.74, 6) is 0.696. The van der Waals surface area contributed by atoms with Gasteiger partial charge in [0, 0.05) is 11.5 Å². The van der Waals surface area contributed by atoms with Crippen LogP contribution >= 0.6 is 0 Å². The van der Waals surface area contributed by atoms with E-state index in [2.05, 4.69) is 93.5 Å². The van der Waals surface area contributed by atoms with Gasteiger partial charge in [-0.2, -0.15) is 0 Å². The molecule has 0 heterocycles. The summed E-state index contributed by atoms with van der Waals surface area (Å²) in [6.45, 7) is 22.2. The molecule has 1 atom stereocenters. The number of hydrogen-bond donors (Lipinski definition) is 1. The lowest BCUT2D eigenvalue weighted by Crippen LogP contribution is -2.17. The van der Waals surface area contributed by atoms with Crippen molar-refractivity contribution in [3.05, 3.63) is 63.2 Å². The maximum atomic E-state index is 11.3. The van der Waals surface area contributed by atoms with Crippen LogP contribution in [0.5, 0.6) is 5.75 Å². The molecule has 0 aliphatic carbocycles. The number of benzene rings is 2. The van der Waals surface area contributed by atoms with E-state index in [1.807, 2.05) is 0 Å². The molecule has 1 nitrogen and oxygen atoms in total. The zero-order valence-corrected chi connectivity index (χ0v) is 19.7. The van der Waals surface area contributed by atoms with E-state index >= 15 is 0 Å². The number of aromatic hydroxyl groups is 1. The Morgan fingerprint density at radius 2 is 1.21 bits per heavy atom. The lowest BCUT2D eigenvalue weighted by atomic mass is 9.75. The zero-order chi connectivity index (χ0) is 21.4. The third-order valence-corrected chi connectivity index (χ3v) is 5.82. The molecular formula is C27H40O. The summed E-state index contributed by atoms with van der Waals surface area (Å²) in [7, 11) is 0. The van der Waals surface area contributed by atoms with Gasteiger partial charge in [-0.05, 0) is 60.3 Å². The van der Waals surface area contributed by atoms with E-state index in [0.29, 0.717) is 5.75 Å². The first-order valence-electron chi connectivity index (χ1n) is 10.7. The quantitative estimate of drug-likeness (QED) is 0.572. The standard InChI is InChI=1S/C27H40O/c1-11-12-20(21-13-17(2)15-23(19(21)4)26(5,6)7)22-14-18(3)16-24(25(22)28)27(8,9)10/h13-16,20,28H,11-12H2,1-10H3. The summed E-state index contributed by atoms with van der Waals surface area (Å²) < 4.78 is 0. The predicted molar refractivity (Wildman–Crippen MR) is 123 cm³/mol. The van der Waals surface area contributed by atoms with Crippen LogP contribution in [0.15, 0.2) is 24.3 Å². The minimum absolute atomic E-state index is 0.0835. The van der Waals surface area contributed by atoms with Crippen molar-refractivity contribution in [2.24, 2.45) is 0 Å². The van der Waals surface area contributed by atoms with Gasteiger partial charge in [0.1, 0.15) is 5.75 Å². The highest BCUT2D eigenvalue weighted by Crippen LogP contribution is 2.43. The first-order chi connectivity index (χ1) is 12.8. The summed E-state index contributed by atoms with van der Waals surface area (Å²) >= 11 is 0. The van der Waals surface area contributed by atoms with Gasteiger partial charge >= 0.3 is 0 Å². The van der Waals surface area contributed by atoms with Crippen LogP contribution in [-0.4, -0.2) is 5.11 Å². The first kappa shape index (κ1) is 22.5. The molecule has 0 aromatic heterocycles. The number of phenolic OH excluding ortho intramolecular Hbond substituents is 1. The largest absolute Gasteiger partial charge is 0.507 e. The highest BCUT2D eigenvalue weighted by Gasteiger charge is 2.27. The maximum Gasteiger partial charge on any atom is 0.123 e. The van der Waals surface area contributed by atoms with Gasteiger partial charge in [0.2, 0.25) is 0 Å². The van der Waals surface area contributed by atoms with Gasteiger partial charge in [-0.15, -0.1) is 0 Å². The predicted octanol–water partition coefficient (Wildman–Crippen LogP) is 7.84. The molecule has 0 spiro atoms. The molecule has 2 aromatic carbocycles. The summed E-state index contributed by atoms with van der Waals surface area (Å²) in [6.07, 6.45) is 2.12. The Morgan fingerprint density at radius 1 is 0.750 bits per heavy atom. The van der Waals surface area contributed by atoms with Gasteiger partial charge < -0.3 is 5.11 Å². The summed E-state index contributed by atoms with van der Waals surface area (Å²) in [4.78, 5) is 0. The molecule has 0 aliphatic heterocycles. The van der Waals surface area contributed by atoms with Gasteiger partial charge in [-0.25, -0.2) is 0 Å². The van der Waals surface area contributed by atoms with Crippen LogP contribution in [0.4, 0.5) is 0 Å². The lowest BCUT2D eigenvalue weighted by Gasteiger charge is -2.30. The maximum absolute atomic E-state index is 11.3. The minimum Gasteiger partial charge on any atom is -0.507 e. The molecule has 0 saturated carbocycles. The highest BCUT2D eigenvalue weighted by atomic mass is 16.3. The topological polar surface area (TPSA) is 20.2 Å². The van der Waals surface area contributed by atoms with E-state index in [4.69, 9.17) is 0 Å². The van der Waals surface area contributed by atoms with E-state index in [1.54, 1.807) is 0 Å². The molecule has 1 heteroatoms. The molecule has 0 radical (unpaired) electrons. The molecule has 0 saturated heterocycles. The van der Waals surface area contributed by atoms with Crippen molar-refractivity contribution in [2.45, 2.75) is 98.8 Å². The van der Waals surface area contributed by atoms with Crippen molar-refractivity contribution in [2.75, 3.05) is 0 Å². The lowest BCUT2D eigenvalue weighted by molar-refractivity contribution is 0.435. The van der Waals surface area contributed by atoms with Crippen molar-refractivity contribution in [3.63, 3.8) is 0 Å². The van der Waals surface area contributed by atoms with Gasteiger partial charge in [0.15, 0.2) is 0 Å². The van der Waals surface area contributed by atoms with E-state index in [1.165, 1.54) is 27.8 Å². The zero-order valence-electron chi connectivity index (χ0n) is 19.7. The van der Waals surface area contributed by atoms with Crippen molar-refractivity contribution in [1.82, 2.24) is 0 Å². The molecule has 0 fully saturated rings. The number of aryl methyl sites for hydroxylation is 2. The van der Waals surface area contributed by atoms with E-state index in [9.17, 15) is 5.11 Å². The van der Waals surface area contributed by atoms with Crippen molar-refractivity contribution in [3.8, 4) is 5.75 Å². The summed E-state index contributed by atoms with van der Waals surface area (Å²) in [5.41, 5.74) is 8.82. The Balaban J connectivity index is 2.79. The Morgan fingerprint density at radius 3 is 1.68 bits per heavy atom. The minimum atomic E-state index is -0.0835. The van der Waals surface area contributed by atoms with E-state index in [0.717, 1.165) is 24.0 Å². The van der Waals surface area contributed by atoms with Crippen molar-refractivity contribution < 1.29 is 5.11 Å².